The first-order valence-electron chi connectivity index (χ1n) is 9.07. The predicted octanol–water partition coefficient (Wildman–Crippen LogP) is 8.62. The van der Waals surface area contributed by atoms with Crippen molar-refractivity contribution in [2.24, 2.45) is 0 Å². The van der Waals surface area contributed by atoms with Crippen molar-refractivity contribution < 1.29 is 70.2 Å². The molecule has 0 fully saturated rings. The Hall–Kier alpha value is -1.38. The maximum Gasteiger partial charge on any atom is 0.385 e. The fourth-order valence-electron chi connectivity index (χ4n) is 2.35. The minimum atomic E-state index is -8.36. The van der Waals surface area contributed by atoms with Crippen LogP contribution in [0, 0.1) is 0 Å². The summed E-state index contributed by atoms with van der Waals surface area (Å²) in [6, 6.07) is 0. The molecule has 0 bridgehead atoms. The van der Waals surface area contributed by atoms with Crippen molar-refractivity contribution >= 4 is 0 Å². The molecule has 0 radical (unpaired) electrons. The molecule has 0 atom stereocenters. The number of hydrogen-bond acceptors (Lipinski definition) is 0. The van der Waals surface area contributed by atoms with E-state index in [4.69, 9.17) is 0 Å². The Morgan fingerprint density at radius 1 is 0.485 bits per heavy atom. The van der Waals surface area contributed by atoms with E-state index < -0.39 is 72.7 Å². The molecule has 33 heavy (non-hydrogen) atoms. The van der Waals surface area contributed by atoms with Crippen LogP contribution in [0.25, 0.3) is 0 Å². The first kappa shape index (κ1) is 31.6. The normalized spacial score (nSPS) is 16.1. The molecule has 0 spiro atoms. The van der Waals surface area contributed by atoms with Crippen LogP contribution in [-0.2, 0) is 0 Å². The molecule has 0 unspecified atom stereocenters. The summed E-state index contributed by atoms with van der Waals surface area (Å²) in [6.07, 6.45) is -5.38. The number of hydrogen-bond donors (Lipinski definition) is 0. The molecule has 0 aromatic heterocycles. The van der Waals surface area contributed by atoms with E-state index in [1.54, 1.807) is 0 Å². The standard InChI is InChI=1S/C17H18F16/c1-3-5-7-9-11(20,21)13(24,25)15(28,29)17(32,33)16(30,31)14(26,27)12(22,23)10(18,19)8-6-4-2/h6,8H,3-5,7,9H2,1-2H3/b8-6+. The lowest BCUT2D eigenvalue weighted by Crippen LogP contribution is -2.74. The van der Waals surface area contributed by atoms with E-state index in [-0.39, 0.29) is 18.9 Å². The van der Waals surface area contributed by atoms with Crippen LogP contribution in [-0.4, -0.2) is 47.4 Å². The number of alkyl halides is 16. The van der Waals surface area contributed by atoms with Gasteiger partial charge in [-0.3, -0.25) is 0 Å². The van der Waals surface area contributed by atoms with Gasteiger partial charge in [-0.1, -0.05) is 32.8 Å². The summed E-state index contributed by atoms with van der Waals surface area (Å²) in [5.74, 6) is -60.5. The third-order valence-corrected chi connectivity index (χ3v) is 4.51. The summed E-state index contributed by atoms with van der Waals surface area (Å²) in [7, 11) is 0. The minimum absolute atomic E-state index is 0.000113. The zero-order valence-corrected chi connectivity index (χ0v) is 16.7. The quantitative estimate of drug-likeness (QED) is 0.128. The van der Waals surface area contributed by atoms with Gasteiger partial charge in [0.05, 0.1) is 0 Å². The van der Waals surface area contributed by atoms with Crippen LogP contribution in [0.2, 0.25) is 0 Å². The Morgan fingerprint density at radius 2 is 0.848 bits per heavy atom. The smallest absolute Gasteiger partial charge is 0.200 e. The van der Waals surface area contributed by atoms with Crippen molar-refractivity contribution in [2.75, 3.05) is 0 Å². The van der Waals surface area contributed by atoms with E-state index in [0.717, 1.165) is 6.92 Å². The van der Waals surface area contributed by atoms with Crippen molar-refractivity contribution in [1.29, 1.82) is 0 Å². The number of unbranched alkanes of at least 4 members (excludes halogenated alkanes) is 2. The average molecular weight is 526 g/mol. The molecule has 0 aromatic carbocycles. The van der Waals surface area contributed by atoms with Crippen LogP contribution < -0.4 is 0 Å². The van der Waals surface area contributed by atoms with Crippen molar-refractivity contribution in [3.8, 4) is 0 Å². The van der Waals surface area contributed by atoms with Crippen LogP contribution in [0.15, 0.2) is 12.2 Å². The summed E-state index contributed by atoms with van der Waals surface area (Å²) in [5.41, 5.74) is 0. The largest absolute Gasteiger partial charge is 0.385 e. The lowest BCUT2D eigenvalue weighted by atomic mass is 9.86. The van der Waals surface area contributed by atoms with Gasteiger partial charge in [-0.25, -0.2) is 0 Å². The molecule has 0 rings (SSSR count). The highest BCUT2D eigenvalue weighted by atomic mass is 19.4. The molecular weight excluding hydrogens is 508 g/mol. The summed E-state index contributed by atoms with van der Waals surface area (Å²) < 4.78 is 217. The summed E-state index contributed by atoms with van der Waals surface area (Å²) in [5, 5.41) is 0. The van der Waals surface area contributed by atoms with Crippen LogP contribution in [0.3, 0.4) is 0 Å². The van der Waals surface area contributed by atoms with Gasteiger partial charge in [-0.15, -0.1) is 0 Å². The third kappa shape index (κ3) is 4.76. The molecule has 0 heterocycles. The van der Waals surface area contributed by atoms with Crippen LogP contribution in [0.1, 0.15) is 46.0 Å². The lowest BCUT2D eigenvalue weighted by Gasteiger charge is -2.43. The van der Waals surface area contributed by atoms with Crippen molar-refractivity contribution in [3.63, 3.8) is 0 Å². The zero-order valence-electron chi connectivity index (χ0n) is 16.7. The Morgan fingerprint density at radius 3 is 1.21 bits per heavy atom. The predicted molar refractivity (Wildman–Crippen MR) is 83.1 cm³/mol. The third-order valence-electron chi connectivity index (χ3n) is 4.51. The first-order chi connectivity index (χ1) is 14.4. The topological polar surface area (TPSA) is 0 Å². The molecule has 0 N–H and O–H groups in total. The molecule has 0 amide bonds. The van der Waals surface area contributed by atoms with Gasteiger partial charge in [0.2, 0.25) is 0 Å². The molecule has 0 aliphatic rings. The van der Waals surface area contributed by atoms with Crippen LogP contribution in [0.4, 0.5) is 70.2 Å². The Labute approximate surface area is 177 Å². The molecule has 0 aromatic rings. The summed E-state index contributed by atoms with van der Waals surface area (Å²) in [4.78, 5) is 0. The van der Waals surface area contributed by atoms with Gasteiger partial charge in [0.25, 0.3) is 0 Å². The molecule has 16 heteroatoms. The van der Waals surface area contributed by atoms with E-state index in [2.05, 4.69) is 0 Å². The Balaban J connectivity index is 6.61. The molecule has 0 saturated heterocycles. The SMILES string of the molecule is CC/C=C/C(F)(F)C(F)(F)C(F)(F)C(F)(F)C(F)(F)C(F)(F)C(F)(F)C(F)(F)CCCCC. The molecule has 0 nitrogen and oxygen atoms in total. The van der Waals surface area contributed by atoms with Crippen molar-refractivity contribution in [2.45, 2.75) is 93.3 Å². The fraction of sp³-hybridized carbons (Fsp3) is 0.882. The summed E-state index contributed by atoms with van der Waals surface area (Å²) >= 11 is 0. The first-order valence-corrected chi connectivity index (χ1v) is 9.07. The fourth-order valence-corrected chi connectivity index (χ4v) is 2.35. The van der Waals surface area contributed by atoms with Gasteiger partial charge in [0.1, 0.15) is 0 Å². The Bertz CT molecular complexity index is 677. The van der Waals surface area contributed by atoms with Gasteiger partial charge < -0.3 is 0 Å². The highest BCUT2D eigenvalue weighted by Crippen LogP contribution is 2.64. The second kappa shape index (κ2) is 9.34. The van der Waals surface area contributed by atoms with Gasteiger partial charge >= 0.3 is 47.4 Å². The molecular formula is C17H18F16. The molecule has 0 aliphatic heterocycles. The van der Waals surface area contributed by atoms with E-state index in [1.165, 1.54) is 6.92 Å². The van der Waals surface area contributed by atoms with E-state index in [0.29, 0.717) is 0 Å². The molecule has 0 aliphatic carbocycles. The van der Waals surface area contributed by atoms with Gasteiger partial charge in [-0.05, 0) is 18.9 Å². The second-order valence-corrected chi connectivity index (χ2v) is 7.04. The number of allylic oxidation sites excluding steroid dienone is 2. The van der Waals surface area contributed by atoms with E-state index in [9.17, 15) is 70.2 Å². The monoisotopic (exact) mass is 526 g/mol. The van der Waals surface area contributed by atoms with Gasteiger partial charge in [0, 0.05) is 6.42 Å². The minimum Gasteiger partial charge on any atom is -0.200 e. The van der Waals surface area contributed by atoms with Crippen molar-refractivity contribution in [1.82, 2.24) is 0 Å². The highest BCUT2D eigenvalue weighted by molar-refractivity contribution is 5.18. The number of rotatable bonds is 13. The van der Waals surface area contributed by atoms with Crippen LogP contribution >= 0.6 is 0 Å². The molecule has 0 saturated carbocycles. The zero-order chi connectivity index (χ0) is 26.9. The van der Waals surface area contributed by atoms with E-state index in [1.807, 2.05) is 0 Å². The molecule has 198 valence electrons. The maximum absolute atomic E-state index is 13.7. The van der Waals surface area contributed by atoms with Crippen LogP contribution in [0.5, 0.6) is 0 Å². The van der Waals surface area contributed by atoms with Gasteiger partial charge in [0.15, 0.2) is 0 Å². The second-order valence-electron chi connectivity index (χ2n) is 7.04. The average Bonchev–Trinajstić information content (AvgIpc) is 2.65. The number of halogens is 16. The Kier molecular flexibility index (Phi) is 8.95. The highest BCUT2D eigenvalue weighted by Gasteiger charge is 2.94. The summed E-state index contributed by atoms with van der Waals surface area (Å²) in [6.45, 7) is 2.25. The van der Waals surface area contributed by atoms with E-state index >= 15 is 0 Å². The lowest BCUT2D eigenvalue weighted by molar-refractivity contribution is -0.451. The van der Waals surface area contributed by atoms with Crippen molar-refractivity contribution in [3.05, 3.63) is 12.2 Å². The van der Waals surface area contributed by atoms with Gasteiger partial charge in [-0.2, -0.15) is 70.2 Å². The maximum atomic E-state index is 13.7.